The molecule has 0 amide bonds. The smallest absolute Gasteiger partial charge is 0.196 e. The first-order chi connectivity index (χ1) is 15.7. The summed E-state index contributed by atoms with van der Waals surface area (Å²) < 4.78 is 21.6. The number of aliphatic hydroxyl groups excluding tert-OH is 4. The third-order valence-corrected chi connectivity index (χ3v) is 5.63. The molecule has 2 aliphatic rings. The topological polar surface area (TPSA) is 179 Å². The van der Waals surface area contributed by atoms with Crippen LogP contribution >= 0.6 is 0 Å². The van der Waals surface area contributed by atoms with Crippen LogP contribution in [-0.4, -0.2) is 81.2 Å². The summed E-state index contributed by atoms with van der Waals surface area (Å²) in [5, 5.41) is 60.2. The second-order valence-electron chi connectivity index (χ2n) is 7.84. The number of hydrogen-bond donors (Lipinski definition) is 6. The lowest BCUT2D eigenvalue weighted by Crippen LogP contribution is -2.59. The van der Waals surface area contributed by atoms with Gasteiger partial charge in [0.05, 0.1) is 19.8 Å². The molecule has 0 bridgehead atoms. The minimum atomic E-state index is -1.82. The average molecular weight is 464 g/mol. The Kier molecular flexibility index (Phi) is 6.29. The van der Waals surface area contributed by atoms with Gasteiger partial charge >= 0.3 is 0 Å². The summed E-state index contributed by atoms with van der Waals surface area (Å²) in [6.45, 7) is -0.595. The van der Waals surface area contributed by atoms with Crippen molar-refractivity contribution >= 4 is 11.0 Å². The molecule has 2 heterocycles. The van der Waals surface area contributed by atoms with Gasteiger partial charge in [-0.25, -0.2) is 0 Å². The van der Waals surface area contributed by atoms with Crippen molar-refractivity contribution in [3.05, 3.63) is 58.5 Å². The molecule has 0 unspecified atom stereocenters. The zero-order chi connectivity index (χ0) is 23.9. The molecule has 2 aromatic rings. The summed E-state index contributed by atoms with van der Waals surface area (Å²) in [7, 11) is 1.39. The van der Waals surface area contributed by atoms with Gasteiger partial charge in [-0.15, -0.1) is 0 Å². The first kappa shape index (κ1) is 23.4. The average Bonchev–Trinajstić information content (AvgIpc) is 2.80. The van der Waals surface area contributed by atoms with E-state index >= 15 is 0 Å². The van der Waals surface area contributed by atoms with Crippen LogP contribution < -0.4 is 10.2 Å². The summed E-state index contributed by atoms with van der Waals surface area (Å²) in [6.07, 6.45) is -2.56. The number of rotatable bonds is 5. The lowest BCUT2D eigenvalue weighted by Gasteiger charge is -2.40. The molecule has 6 N–H and O–H groups in total. The van der Waals surface area contributed by atoms with Gasteiger partial charge in [-0.3, -0.25) is 4.79 Å². The Balaban J connectivity index is 1.56. The molecule has 1 saturated heterocycles. The van der Waals surface area contributed by atoms with E-state index in [4.69, 9.17) is 18.6 Å². The van der Waals surface area contributed by atoms with Gasteiger partial charge in [0, 0.05) is 18.2 Å². The zero-order valence-electron chi connectivity index (χ0n) is 17.4. The number of aliphatic hydroxyl groups is 5. The van der Waals surface area contributed by atoms with Gasteiger partial charge in [-0.1, -0.05) is 12.2 Å². The number of aromatic hydroxyl groups is 1. The molecule has 1 aliphatic carbocycles. The van der Waals surface area contributed by atoms with E-state index in [1.165, 1.54) is 43.5 Å². The third kappa shape index (κ3) is 4.27. The number of phenols is 1. The first-order valence-corrected chi connectivity index (χ1v) is 10.1. The Hall–Kier alpha value is -2.77. The van der Waals surface area contributed by atoms with Crippen molar-refractivity contribution in [2.45, 2.75) is 42.4 Å². The summed E-state index contributed by atoms with van der Waals surface area (Å²) in [6, 6.07) is 3.74. The molecule has 1 aromatic heterocycles. The van der Waals surface area contributed by atoms with Crippen molar-refractivity contribution in [1.29, 1.82) is 0 Å². The highest BCUT2D eigenvalue weighted by atomic mass is 16.7. The maximum atomic E-state index is 12.5. The van der Waals surface area contributed by atoms with Crippen LogP contribution in [0.1, 0.15) is 5.76 Å². The maximum Gasteiger partial charge on any atom is 0.196 e. The molecule has 0 radical (unpaired) electrons. The van der Waals surface area contributed by atoms with Crippen molar-refractivity contribution in [3.8, 4) is 11.5 Å². The van der Waals surface area contributed by atoms with Crippen LogP contribution in [0.15, 0.2) is 51.7 Å². The molecule has 1 fully saturated rings. The molecular formula is C22H24O11. The molecular weight excluding hydrogens is 440 g/mol. The molecule has 0 saturated carbocycles. The minimum Gasteiger partial charge on any atom is -0.507 e. The fraction of sp³-hybridized carbons (Fsp3) is 0.409. The Morgan fingerprint density at radius 3 is 2.39 bits per heavy atom. The van der Waals surface area contributed by atoms with Gasteiger partial charge in [0.25, 0.3) is 0 Å². The molecule has 0 spiro atoms. The van der Waals surface area contributed by atoms with E-state index in [9.17, 15) is 35.4 Å². The van der Waals surface area contributed by atoms with Crippen LogP contribution in [0.25, 0.3) is 11.0 Å². The molecule has 33 heavy (non-hydrogen) atoms. The minimum absolute atomic E-state index is 0.0178. The number of benzene rings is 1. The number of ether oxygens (including phenoxy) is 3. The Morgan fingerprint density at radius 1 is 1.06 bits per heavy atom. The predicted molar refractivity (Wildman–Crippen MR) is 112 cm³/mol. The summed E-state index contributed by atoms with van der Waals surface area (Å²) >= 11 is 0. The van der Waals surface area contributed by atoms with Gasteiger partial charge in [0.15, 0.2) is 17.3 Å². The SMILES string of the molecule is COc1cc(O)c2c(=O)cc(C3(O)C=CC(O[C@@H]4O[C@H](CO)[C@@H](O)[C@H](O)[C@H]4O)C=C3)oc2c1. The zero-order valence-corrected chi connectivity index (χ0v) is 17.4. The van der Waals surface area contributed by atoms with Crippen LogP contribution in [0.3, 0.4) is 0 Å². The molecule has 11 nitrogen and oxygen atoms in total. The van der Waals surface area contributed by atoms with Crippen LogP contribution in [-0.2, 0) is 15.1 Å². The molecule has 178 valence electrons. The van der Waals surface area contributed by atoms with Crippen molar-refractivity contribution in [2.75, 3.05) is 13.7 Å². The predicted octanol–water partition coefficient (Wildman–Crippen LogP) is -0.994. The van der Waals surface area contributed by atoms with Crippen LogP contribution in [0.2, 0.25) is 0 Å². The monoisotopic (exact) mass is 464 g/mol. The lowest BCUT2D eigenvalue weighted by molar-refractivity contribution is -0.304. The van der Waals surface area contributed by atoms with Crippen LogP contribution in [0.4, 0.5) is 0 Å². The molecule has 1 aliphatic heterocycles. The summed E-state index contributed by atoms with van der Waals surface area (Å²) in [5.41, 5.74) is -2.37. The number of phenolic OH excluding ortho intramolecular Hbond substituents is 1. The van der Waals surface area contributed by atoms with Crippen molar-refractivity contribution < 1.29 is 49.3 Å². The summed E-state index contributed by atoms with van der Waals surface area (Å²) in [4.78, 5) is 12.5. The van der Waals surface area contributed by atoms with Gasteiger partial charge in [0.2, 0.25) is 0 Å². The Morgan fingerprint density at radius 2 is 1.76 bits per heavy atom. The lowest BCUT2D eigenvalue weighted by atomic mass is 9.93. The highest BCUT2D eigenvalue weighted by Crippen LogP contribution is 2.34. The standard InChI is InChI=1S/C22H24O11/c1-30-11-6-12(24)17-13(25)8-16(32-14(17)7-11)22(29)4-2-10(3-5-22)31-21-20(28)19(27)18(26)15(9-23)33-21/h2-8,10,15,18-21,23-24,26-29H,9H2,1H3/t10?,15-,18-,19+,20-,21-,22?/m1/s1. The quantitative estimate of drug-likeness (QED) is 0.299. The molecule has 4 rings (SSSR count). The fourth-order valence-corrected chi connectivity index (χ4v) is 3.75. The van der Waals surface area contributed by atoms with Crippen LogP contribution in [0, 0.1) is 0 Å². The van der Waals surface area contributed by atoms with E-state index in [1.807, 2.05) is 0 Å². The van der Waals surface area contributed by atoms with Gasteiger partial charge in [0.1, 0.15) is 52.6 Å². The second-order valence-corrected chi connectivity index (χ2v) is 7.84. The van der Waals surface area contributed by atoms with E-state index in [0.717, 1.165) is 6.07 Å². The van der Waals surface area contributed by atoms with Crippen molar-refractivity contribution in [1.82, 2.24) is 0 Å². The van der Waals surface area contributed by atoms with Gasteiger partial charge in [-0.05, 0) is 12.2 Å². The Labute approximate surface area is 187 Å². The normalized spacial score (nSPS) is 34.0. The second kappa shape index (κ2) is 8.88. The third-order valence-electron chi connectivity index (χ3n) is 5.63. The van der Waals surface area contributed by atoms with E-state index in [-0.39, 0.29) is 28.2 Å². The molecule has 5 atom stereocenters. The van der Waals surface area contributed by atoms with Gasteiger partial charge in [-0.2, -0.15) is 0 Å². The van der Waals surface area contributed by atoms with E-state index < -0.39 is 54.4 Å². The van der Waals surface area contributed by atoms with E-state index in [0.29, 0.717) is 0 Å². The first-order valence-electron chi connectivity index (χ1n) is 10.1. The number of fused-ring (bicyclic) bond motifs is 1. The maximum absolute atomic E-state index is 12.5. The largest absolute Gasteiger partial charge is 0.507 e. The Bertz CT molecular complexity index is 1120. The highest BCUT2D eigenvalue weighted by molar-refractivity contribution is 5.84. The number of methoxy groups -OCH3 is 1. The van der Waals surface area contributed by atoms with Gasteiger partial charge < -0.3 is 49.3 Å². The highest BCUT2D eigenvalue weighted by Gasteiger charge is 2.45. The van der Waals surface area contributed by atoms with E-state index in [2.05, 4.69) is 0 Å². The summed E-state index contributed by atoms with van der Waals surface area (Å²) in [5.74, 6) is -0.180. The number of hydrogen-bond acceptors (Lipinski definition) is 11. The fourth-order valence-electron chi connectivity index (χ4n) is 3.75. The molecule has 1 aromatic carbocycles. The van der Waals surface area contributed by atoms with Crippen molar-refractivity contribution in [2.24, 2.45) is 0 Å². The van der Waals surface area contributed by atoms with Crippen molar-refractivity contribution in [3.63, 3.8) is 0 Å². The van der Waals surface area contributed by atoms with E-state index in [1.54, 1.807) is 0 Å². The van der Waals surface area contributed by atoms with Crippen LogP contribution in [0.5, 0.6) is 11.5 Å². The molecule has 11 heteroatoms.